The van der Waals surface area contributed by atoms with Crippen LogP contribution in [-0.2, 0) is 25.9 Å². The van der Waals surface area contributed by atoms with Crippen LogP contribution in [-0.4, -0.2) is 45.2 Å². The van der Waals surface area contributed by atoms with Gasteiger partial charge in [-0.2, -0.15) is 0 Å². The van der Waals surface area contributed by atoms with Crippen molar-refractivity contribution < 1.29 is 4.79 Å². The van der Waals surface area contributed by atoms with Crippen LogP contribution in [0.3, 0.4) is 0 Å². The highest BCUT2D eigenvalue weighted by molar-refractivity contribution is 5.94. The molecule has 2 aliphatic heterocycles. The van der Waals surface area contributed by atoms with Crippen LogP contribution in [0.15, 0.2) is 18.2 Å². The van der Waals surface area contributed by atoms with E-state index in [1.54, 1.807) is 0 Å². The van der Waals surface area contributed by atoms with E-state index in [0.717, 1.165) is 75.6 Å². The van der Waals surface area contributed by atoms with E-state index in [2.05, 4.69) is 32.2 Å². The summed E-state index contributed by atoms with van der Waals surface area (Å²) in [5.74, 6) is 2.76. The van der Waals surface area contributed by atoms with Crippen LogP contribution in [0.25, 0.3) is 0 Å². The summed E-state index contributed by atoms with van der Waals surface area (Å²) >= 11 is 0. The molecule has 0 bridgehead atoms. The van der Waals surface area contributed by atoms with Crippen molar-refractivity contribution in [3.8, 4) is 0 Å². The summed E-state index contributed by atoms with van der Waals surface area (Å²) in [4.78, 5) is 14.9. The predicted octanol–water partition coefficient (Wildman–Crippen LogP) is 1.89. The quantitative estimate of drug-likeness (QED) is 0.897. The lowest BCUT2D eigenvalue weighted by Crippen LogP contribution is -2.39. The first-order valence-electron chi connectivity index (χ1n) is 9.83. The van der Waals surface area contributed by atoms with E-state index < -0.39 is 0 Å². The number of amides is 1. The van der Waals surface area contributed by atoms with Crippen molar-refractivity contribution in [2.75, 3.05) is 19.6 Å². The molecule has 6 heteroatoms. The van der Waals surface area contributed by atoms with Crippen molar-refractivity contribution in [2.45, 2.75) is 51.1 Å². The maximum absolute atomic E-state index is 12.9. The maximum Gasteiger partial charge on any atom is 0.253 e. The van der Waals surface area contributed by atoms with Gasteiger partial charge in [0, 0.05) is 37.7 Å². The maximum atomic E-state index is 12.9. The molecule has 0 radical (unpaired) electrons. The summed E-state index contributed by atoms with van der Waals surface area (Å²) in [5, 5.41) is 12.1. The van der Waals surface area contributed by atoms with Crippen LogP contribution in [0, 0.1) is 0 Å². The topological polar surface area (TPSA) is 63.1 Å². The zero-order valence-electron chi connectivity index (χ0n) is 15.1. The first-order chi connectivity index (χ1) is 12.8. The summed E-state index contributed by atoms with van der Waals surface area (Å²) in [5.41, 5.74) is 3.65. The monoisotopic (exact) mass is 351 g/mol. The third-order valence-electron chi connectivity index (χ3n) is 6.14. The highest BCUT2D eigenvalue weighted by atomic mass is 16.2. The molecule has 1 aromatic heterocycles. The van der Waals surface area contributed by atoms with Crippen molar-refractivity contribution in [2.24, 2.45) is 0 Å². The van der Waals surface area contributed by atoms with Gasteiger partial charge in [-0.25, -0.2) is 0 Å². The zero-order chi connectivity index (χ0) is 17.5. The Balaban J connectivity index is 1.27. The molecule has 0 atom stereocenters. The van der Waals surface area contributed by atoms with E-state index >= 15 is 0 Å². The third kappa shape index (κ3) is 2.72. The lowest BCUT2D eigenvalue weighted by molar-refractivity contribution is 0.0710. The van der Waals surface area contributed by atoms with Gasteiger partial charge in [0.15, 0.2) is 0 Å². The second-order valence-electron chi connectivity index (χ2n) is 7.71. The molecule has 26 heavy (non-hydrogen) atoms. The van der Waals surface area contributed by atoms with Gasteiger partial charge < -0.3 is 14.8 Å². The lowest BCUT2D eigenvalue weighted by Gasteiger charge is -2.32. The normalized spacial score (nSPS) is 20.1. The summed E-state index contributed by atoms with van der Waals surface area (Å²) in [6, 6.07) is 6.29. The van der Waals surface area contributed by atoms with Gasteiger partial charge in [0.2, 0.25) is 0 Å². The van der Waals surface area contributed by atoms with E-state index in [9.17, 15) is 4.79 Å². The lowest BCUT2D eigenvalue weighted by atomic mass is 9.95. The Hall–Kier alpha value is -2.21. The van der Waals surface area contributed by atoms with Gasteiger partial charge in [-0.3, -0.25) is 4.79 Å². The molecule has 136 valence electrons. The molecule has 1 aliphatic carbocycles. The molecule has 1 fully saturated rings. The molecule has 1 saturated heterocycles. The number of carbonyl (C=O) groups excluding carboxylic acids is 1. The average molecular weight is 351 g/mol. The Morgan fingerprint density at radius 1 is 1.08 bits per heavy atom. The van der Waals surface area contributed by atoms with Crippen molar-refractivity contribution in [3.63, 3.8) is 0 Å². The second kappa shape index (κ2) is 6.50. The van der Waals surface area contributed by atoms with Crippen LogP contribution >= 0.6 is 0 Å². The van der Waals surface area contributed by atoms with Crippen LogP contribution in [0.2, 0.25) is 0 Å². The number of hydrogen-bond donors (Lipinski definition) is 1. The number of rotatable bonds is 2. The Morgan fingerprint density at radius 3 is 2.81 bits per heavy atom. The molecule has 1 aromatic carbocycles. The minimum atomic E-state index is 0.186. The number of carbonyl (C=O) groups is 1. The Kier molecular flexibility index (Phi) is 4.00. The van der Waals surface area contributed by atoms with E-state index in [4.69, 9.17) is 0 Å². The van der Waals surface area contributed by atoms with Crippen LogP contribution < -0.4 is 5.32 Å². The van der Waals surface area contributed by atoms with E-state index in [1.165, 1.54) is 17.5 Å². The Bertz CT molecular complexity index is 835. The van der Waals surface area contributed by atoms with E-state index in [1.807, 2.05) is 11.0 Å². The van der Waals surface area contributed by atoms with Gasteiger partial charge >= 0.3 is 0 Å². The predicted molar refractivity (Wildman–Crippen MR) is 98.1 cm³/mol. The van der Waals surface area contributed by atoms with E-state index in [0.29, 0.717) is 5.92 Å². The number of aromatic nitrogens is 3. The number of fused-ring (bicyclic) bond motifs is 2. The molecule has 0 saturated carbocycles. The molecule has 5 rings (SSSR count). The largest absolute Gasteiger partial charge is 0.339 e. The molecule has 6 nitrogen and oxygen atoms in total. The molecule has 3 heterocycles. The molecule has 0 spiro atoms. The van der Waals surface area contributed by atoms with Crippen molar-refractivity contribution in [1.29, 1.82) is 0 Å². The molecule has 2 aromatic rings. The number of hydrogen-bond acceptors (Lipinski definition) is 4. The summed E-state index contributed by atoms with van der Waals surface area (Å²) < 4.78 is 2.28. The SMILES string of the molecule is O=C(c1ccc2c(c1)CCC2)N1CCC(c2nnc3n2CCNC3)CC1. The first-order valence-corrected chi connectivity index (χ1v) is 9.83. The average Bonchev–Trinajstić information content (AvgIpc) is 3.34. The molecule has 1 amide bonds. The number of aryl methyl sites for hydroxylation is 2. The molecule has 1 N–H and O–H groups in total. The van der Waals surface area contributed by atoms with Crippen molar-refractivity contribution >= 4 is 5.91 Å². The fourth-order valence-corrected chi connectivity index (χ4v) is 4.64. The molecule has 0 unspecified atom stereocenters. The Labute approximate surface area is 153 Å². The summed E-state index contributed by atoms with van der Waals surface area (Å²) in [6.07, 6.45) is 5.44. The number of nitrogens with zero attached hydrogens (tertiary/aromatic N) is 4. The third-order valence-corrected chi connectivity index (χ3v) is 6.14. The first kappa shape index (κ1) is 16.0. The van der Waals surface area contributed by atoms with Crippen LogP contribution in [0.1, 0.15) is 58.3 Å². The highest BCUT2D eigenvalue weighted by Crippen LogP contribution is 2.29. The zero-order valence-corrected chi connectivity index (χ0v) is 15.1. The fourth-order valence-electron chi connectivity index (χ4n) is 4.64. The van der Waals surface area contributed by atoms with Crippen LogP contribution in [0.5, 0.6) is 0 Å². The number of likely N-dealkylation sites (tertiary alicyclic amines) is 1. The number of nitrogens with one attached hydrogen (secondary N) is 1. The molecular formula is C20H25N5O. The number of piperidine rings is 1. The summed E-state index contributed by atoms with van der Waals surface area (Å²) in [7, 11) is 0. The fraction of sp³-hybridized carbons (Fsp3) is 0.550. The second-order valence-corrected chi connectivity index (χ2v) is 7.71. The minimum Gasteiger partial charge on any atom is -0.339 e. The van der Waals surface area contributed by atoms with Crippen molar-refractivity contribution in [3.05, 3.63) is 46.5 Å². The van der Waals surface area contributed by atoms with Crippen molar-refractivity contribution in [1.82, 2.24) is 25.0 Å². The summed E-state index contributed by atoms with van der Waals surface area (Å²) in [6.45, 7) is 4.35. The number of benzene rings is 1. The molecule has 3 aliphatic rings. The van der Waals surface area contributed by atoms with Gasteiger partial charge in [0.05, 0.1) is 6.54 Å². The highest BCUT2D eigenvalue weighted by Gasteiger charge is 2.29. The van der Waals surface area contributed by atoms with Gasteiger partial charge in [-0.1, -0.05) is 6.07 Å². The smallest absolute Gasteiger partial charge is 0.253 e. The standard InChI is InChI=1S/C20H25N5O/c26-20(17-5-4-14-2-1-3-16(14)12-17)24-9-6-15(7-10-24)19-23-22-18-13-21-8-11-25(18)19/h4-5,12,15,21H,1-3,6-11,13H2. The minimum absolute atomic E-state index is 0.186. The van der Waals surface area contributed by atoms with Gasteiger partial charge in [-0.05, 0) is 55.4 Å². The van der Waals surface area contributed by atoms with Crippen LogP contribution in [0.4, 0.5) is 0 Å². The van der Waals surface area contributed by atoms with Gasteiger partial charge in [0.1, 0.15) is 11.6 Å². The van der Waals surface area contributed by atoms with Gasteiger partial charge in [0.25, 0.3) is 5.91 Å². The van der Waals surface area contributed by atoms with E-state index in [-0.39, 0.29) is 5.91 Å². The molecular weight excluding hydrogens is 326 g/mol. The Morgan fingerprint density at radius 2 is 1.92 bits per heavy atom. The van der Waals surface area contributed by atoms with Gasteiger partial charge in [-0.15, -0.1) is 10.2 Å².